The van der Waals surface area contributed by atoms with Crippen molar-refractivity contribution in [3.8, 4) is 0 Å². The van der Waals surface area contributed by atoms with E-state index in [1.54, 1.807) is 13.2 Å². The molecule has 0 aromatic heterocycles. The smallest absolute Gasteiger partial charge is 0.155 e. The van der Waals surface area contributed by atoms with Crippen molar-refractivity contribution in [2.75, 3.05) is 13.9 Å². The van der Waals surface area contributed by atoms with Crippen molar-refractivity contribution in [1.29, 1.82) is 0 Å². The highest BCUT2D eigenvalue weighted by molar-refractivity contribution is 5.91. The first-order chi connectivity index (χ1) is 9.79. The van der Waals surface area contributed by atoms with Crippen LogP contribution in [-0.2, 0) is 20.7 Å². The van der Waals surface area contributed by atoms with Crippen LogP contribution in [-0.4, -0.2) is 25.8 Å². The summed E-state index contributed by atoms with van der Waals surface area (Å²) in [4.78, 5) is 11.6. The minimum absolute atomic E-state index is 0.0144. The largest absolute Gasteiger partial charge is 0.359 e. The number of aryl methyl sites for hydroxylation is 1. The van der Waals surface area contributed by atoms with Crippen LogP contribution in [0.4, 0.5) is 0 Å². The monoisotopic (exact) mass is 274 g/mol. The van der Waals surface area contributed by atoms with E-state index in [1.165, 1.54) is 5.56 Å². The maximum atomic E-state index is 11.6. The van der Waals surface area contributed by atoms with Crippen molar-refractivity contribution in [1.82, 2.24) is 0 Å². The highest BCUT2D eigenvalue weighted by atomic mass is 16.7. The molecule has 0 bridgehead atoms. The zero-order chi connectivity index (χ0) is 14.2. The van der Waals surface area contributed by atoms with Crippen LogP contribution in [0.15, 0.2) is 42.0 Å². The van der Waals surface area contributed by atoms with Gasteiger partial charge in [-0.05, 0) is 42.9 Å². The van der Waals surface area contributed by atoms with Gasteiger partial charge in [-0.15, -0.1) is 0 Å². The first-order valence-electron chi connectivity index (χ1n) is 7.17. The van der Waals surface area contributed by atoms with E-state index in [-0.39, 0.29) is 18.7 Å². The van der Waals surface area contributed by atoms with E-state index in [4.69, 9.17) is 9.47 Å². The van der Waals surface area contributed by atoms with Crippen molar-refractivity contribution >= 4 is 5.78 Å². The third-order valence-corrected chi connectivity index (χ3v) is 3.57. The summed E-state index contributed by atoms with van der Waals surface area (Å²) < 4.78 is 10.8. The SMILES string of the molecule is COCOC(CCc1ccccc1)C1=CC(=O)CCC1. The molecule has 0 fully saturated rings. The molecule has 0 amide bonds. The first kappa shape index (κ1) is 14.9. The second-order valence-corrected chi connectivity index (χ2v) is 5.13. The number of methoxy groups -OCH3 is 1. The third kappa shape index (κ3) is 4.58. The molecule has 0 radical (unpaired) electrons. The van der Waals surface area contributed by atoms with E-state index in [1.807, 2.05) is 18.2 Å². The highest BCUT2D eigenvalue weighted by Gasteiger charge is 2.19. The van der Waals surface area contributed by atoms with Crippen LogP contribution >= 0.6 is 0 Å². The molecule has 0 heterocycles. The molecular weight excluding hydrogens is 252 g/mol. The quantitative estimate of drug-likeness (QED) is 0.716. The standard InChI is InChI=1S/C17H22O3/c1-19-13-20-17(15-8-5-9-16(18)12-15)11-10-14-6-3-2-4-7-14/h2-4,6-7,12,17H,5,8-11,13H2,1H3. The van der Waals surface area contributed by atoms with Gasteiger partial charge in [-0.3, -0.25) is 4.79 Å². The molecule has 1 atom stereocenters. The Morgan fingerprint density at radius 3 is 2.70 bits per heavy atom. The molecule has 0 N–H and O–H groups in total. The van der Waals surface area contributed by atoms with Gasteiger partial charge in [-0.2, -0.15) is 0 Å². The van der Waals surface area contributed by atoms with Gasteiger partial charge >= 0.3 is 0 Å². The number of ketones is 1. The molecule has 3 nitrogen and oxygen atoms in total. The fourth-order valence-electron chi connectivity index (χ4n) is 2.54. The molecule has 1 aliphatic rings. The van der Waals surface area contributed by atoms with Crippen molar-refractivity contribution in [2.24, 2.45) is 0 Å². The van der Waals surface area contributed by atoms with Crippen LogP contribution in [0, 0.1) is 0 Å². The zero-order valence-corrected chi connectivity index (χ0v) is 12.0. The maximum Gasteiger partial charge on any atom is 0.155 e. The van der Waals surface area contributed by atoms with Gasteiger partial charge in [0.05, 0.1) is 6.10 Å². The summed E-state index contributed by atoms with van der Waals surface area (Å²) in [5.41, 5.74) is 2.41. The lowest BCUT2D eigenvalue weighted by molar-refractivity contribution is -0.115. The van der Waals surface area contributed by atoms with Gasteiger partial charge in [-0.1, -0.05) is 30.3 Å². The van der Waals surface area contributed by atoms with Crippen molar-refractivity contribution in [2.45, 2.75) is 38.2 Å². The maximum absolute atomic E-state index is 11.6. The number of hydrogen-bond acceptors (Lipinski definition) is 3. The summed E-state index contributed by atoms with van der Waals surface area (Å²) in [6.07, 6.45) is 6.14. The van der Waals surface area contributed by atoms with Crippen LogP contribution in [0.5, 0.6) is 0 Å². The van der Waals surface area contributed by atoms with Crippen molar-refractivity contribution < 1.29 is 14.3 Å². The Bertz CT molecular complexity index is 451. The lowest BCUT2D eigenvalue weighted by Crippen LogP contribution is -2.21. The van der Waals surface area contributed by atoms with Crippen LogP contribution < -0.4 is 0 Å². The molecule has 2 rings (SSSR count). The Balaban J connectivity index is 1.98. The number of carbonyl (C=O) groups is 1. The minimum atomic E-state index is -0.0144. The molecule has 3 heteroatoms. The van der Waals surface area contributed by atoms with Gasteiger partial charge in [0.25, 0.3) is 0 Å². The van der Waals surface area contributed by atoms with E-state index in [9.17, 15) is 4.79 Å². The van der Waals surface area contributed by atoms with E-state index >= 15 is 0 Å². The predicted octanol–water partition coefficient (Wildman–Crippen LogP) is 3.29. The number of rotatable bonds is 7. The third-order valence-electron chi connectivity index (χ3n) is 3.57. The summed E-state index contributed by atoms with van der Waals surface area (Å²) in [7, 11) is 1.62. The number of carbonyl (C=O) groups excluding carboxylic acids is 1. The Kier molecular flexibility index (Phi) is 5.96. The van der Waals surface area contributed by atoms with E-state index in [2.05, 4.69) is 12.1 Å². The van der Waals surface area contributed by atoms with Crippen molar-refractivity contribution in [3.63, 3.8) is 0 Å². The summed E-state index contributed by atoms with van der Waals surface area (Å²) in [5.74, 6) is 0.219. The molecule has 0 aliphatic heterocycles. The zero-order valence-electron chi connectivity index (χ0n) is 12.0. The van der Waals surface area contributed by atoms with E-state index < -0.39 is 0 Å². The Morgan fingerprint density at radius 1 is 1.20 bits per heavy atom. The van der Waals surface area contributed by atoms with Crippen LogP contribution in [0.2, 0.25) is 0 Å². The van der Waals surface area contributed by atoms with Crippen LogP contribution in [0.1, 0.15) is 31.2 Å². The van der Waals surface area contributed by atoms with Crippen molar-refractivity contribution in [3.05, 3.63) is 47.5 Å². The average molecular weight is 274 g/mol. The van der Waals surface area contributed by atoms with Gasteiger partial charge in [0.2, 0.25) is 0 Å². The van der Waals surface area contributed by atoms with Gasteiger partial charge in [0.1, 0.15) is 6.79 Å². The van der Waals surface area contributed by atoms with Gasteiger partial charge in [-0.25, -0.2) is 0 Å². The Hall–Kier alpha value is -1.45. The number of hydrogen-bond donors (Lipinski definition) is 0. The molecular formula is C17H22O3. The van der Waals surface area contributed by atoms with Crippen LogP contribution in [0.3, 0.4) is 0 Å². The van der Waals surface area contributed by atoms with E-state index in [0.717, 1.165) is 31.3 Å². The highest BCUT2D eigenvalue weighted by Crippen LogP contribution is 2.23. The molecule has 1 unspecified atom stereocenters. The molecule has 1 aliphatic carbocycles. The topological polar surface area (TPSA) is 35.5 Å². The van der Waals surface area contributed by atoms with E-state index in [0.29, 0.717) is 6.42 Å². The fraction of sp³-hybridized carbons (Fsp3) is 0.471. The second kappa shape index (κ2) is 7.98. The predicted molar refractivity (Wildman–Crippen MR) is 78.5 cm³/mol. The first-order valence-corrected chi connectivity index (χ1v) is 7.17. The fourth-order valence-corrected chi connectivity index (χ4v) is 2.54. The summed E-state index contributed by atoms with van der Waals surface area (Å²) in [6.45, 7) is 0.269. The summed E-state index contributed by atoms with van der Waals surface area (Å²) in [5, 5.41) is 0. The molecule has 1 aromatic carbocycles. The molecule has 0 saturated heterocycles. The molecule has 20 heavy (non-hydrogen) atoms. The van der Waals surface area contributed by atoms with Gasteiger partial charge in [0.15, 0.2) is 5.78 Å². The second-order valence-electron chi connectivity index (χ2n) is 5.13. The number of allylic oxidation sites excluding steroid dienone is 1. The minimum Gasteiger partial charge on any atom is -0.359 e. The number of benzene rings is 1. The Labute approximate surface area is 120 Å². The molecule has 108 valence electrons. The lowest BCUT2D eigenvalue weighted by Gasteiger charge is -2.23. The van der Waals surface area contributed by atoms with Gasteiger partial charge < -0.3 is 9.47 Å². The Morgan fingerprint density at radius 2 is 2.00 bits per heavy atom. The summed E-state index contributed by atoms with van der Waals surface area (Å²) in [6, 6.07) is 10.3. The van der Waals surface area contributed by atoms with Gasteiger partial charge in [0, 0.05) is 13.5 Å². The summed E-state index contributed by atoms with van der Waals surface area (Å²) >= 11 is 0. The normalized spacial score (nSPS) is 16.9. The molecule has 0 saturated carbocycles. The lowest BCUT2D eigenvalue weighted by atomic mass is 9.91. The van der Waals surface area contributed by atoms with Crippen LogP contribution in [0.25, 0.3) is 0 Å². The average Bonchev–Trinajstić information content (AvgIpc) is 2.48. The molecule has 0 spiro atoms. The molecule has 1 aromatic rings. The number of ether oxygens (including phenoxy) is 2.